The summed E-state index contributed by atoms with van der Waals surface area (Å²) in [4.78, 5) is 38.4. The fourth-order valence-corrected chi connectivity index (χ4v) is 4.25. The van der Waals surface area contributed by atoms with Gasteiger partial charge in [-0.1, -0.05) is 49.6 Å². The number of fused-ring (bicyclic) bond motifs is 1. The average Bonchev–Trinajstić information content (AvgIpc) is 3.14. The largest absolute Gasteiger partial charge is 0.328 e. The molecule has 0 fully saturated rings. The highest BCUT2D eigenvalue weighted by Crippen LogP contribution is 2.25. The van der Waals surface area contributed by atoms with Crippen molar-refractivity contribution < 1.29 is 18.8 Å². The van der Waals surface area contributed by atoms with E-state index in [4.69, 9.17) is 0 Å². The van der Waals surface area contributed by atoms with E-state index in [1.54, 1.807) is 30.3 Å². The molecule has 0 spiro atoms. The van der Waals surface area contributed by atoms with E-state index >= 15 is 0 Å². The first-order valence-electron chi connectivity index (χ1n) is 10.4. The first kappa shape index (κ1) is 24.6. The van der Waals surface area contributed by atoms with Crippen LogP contribution in [0.2, 0.25) is 0 Å². The van der Waals surface area contributed by atoms with Gasteiger partial charge in [-0.3, -0.25) is 19.8 Å². The topological polar surface area (TPSA) is 92.2 Å². The molecule has 3 N–H and O–H groups in total. The number of nitrogens with one attached hydrogen (secondary N) is 3. The van der Waals surface area contributed by atoms with E-state index in [1.165, 1.54) is 22.9 Å². The van der Waals surface area contributed by atoms with Gasteiger partial charge in [0, 0.05) is 20.0 Å². The van der Waals surface area contributed by atoms with Crippen LogP contribution in [-0.4, -0.2) is 22.4 Å². The summed E-state index contributed by atoms with van der Waals surface area (Å²) in [6, 6.07) is 16.5. The lowest BCUT2D eigenvalue weighted by atomic mass is 10.1. The minimum Gasteiger partial charge on any atom is -0.320 e. The van der Waals surface area contributed by atoms with Crippen LogP contribution < -0.4 is 16.1 Å². The lowest BCUT2D eigenvalue weighted by molar-refractivity contribution is -0.133. The zero-order valence-corrected chi connectivity index (χ0v) is 21.8. The van der Waals surface area contributed by atoms with Gasteiger partial charge in [0.25, 0.3) is 5.91 Å². The number of nitrogens with zero attached hydrogens (tertiary/aromatic N) is 1. The molecule has 7 nitrogen and oxygen atoms in total. The van der Waals surface area contributed by atoms with Gasteiger partial charge in [0.1, 0.15) is 11.5 Å². The summed E-state index contributed by atoms with van der Waals surface area (Å²) >= 11 is 6.53. The molecule has 3 aromatic carbocycles. The normalized spacial score (nSPS) is 10.8. The van der Waals surface area contributed by atoms with Crippen molar-refractivity contribution in [2.75, 3.05) is 16.1 Å². The van der Waals surface area contributed by atoms with Crippen molar-refractivity contribution >= 4 is 71.9 Å². The number of aromatic nitrogens is 1. The number of carbonyl (C=O) groups is 3. The number of anilines is 2. The summed E-state index contributed by atoms with van der Waals surface area (Å²) in [5.74, 6) is -3.35. The molecule has 1 heterocycles. The number of hydrogen-bond donors (Lipinski definition) is 3. The third-order valence-corrected chi connectivity index (χ3v) is 6.21. The van der Waals surface area contributed by atoms with E-state index < -0.39 is 23.5 Å². The van der Waals surface area contributed by atoms with Crippen LogP contribution in [0.1, 0.15) is 21.6 Å². The third-order valence-electron chi connectivity index (χ3n) is 5.23. The molecule has 0 bridgehead atoms. The molecule has 0 atom stereocenters. The van der Waals surface area contributed by atoms with Crippen LogP contribution in [0.3, 0.4) is 0 Å². The Kier molecular flexibility index (Phi) is 7.04. The zero-order valence-electron chi connectivity index (χ0n) is 18.6. The van der Waals surface area contributed by atoms with Gasteiger partial charge in [-0.05, 0) is 67.9 Å². The van der Waals surface area contributed by atoms with E-state index in [0.717, 1.165) is 15.6 Å². The van der Waals surface area contributed by atoms with Crippen LogP contribution in [0.15, 0.2) is 69.6 Å². The van der Waals surface area contributed by atoms with Crippen LogP contribution in [0, 0.1) is 19.7 Å². The molecule has 0 radical (unpaired) electrons. The second-order valence-electron chi connectivity index (χ2n) is 7.86. The quantitative estimate of drug-likeness (QED) is 0.255. The predicted molar refractivity (Wildman–Crippen MR) is 141 cm³/mol. The van der Waals surface area contributed by atoms with Crippen molar-refractivity contribution in [3.05, 3.63) is 92.2 Å². The summed E-state index contributed by atoms with van der Waals surface area (Å²) in [6.07, 6.45) is 0. The fourth-order valence-electron chi connectivity index (χ4n) is 3.54. The van der Waals surface area contributed by atoms with Crippen LogP contribution in [0.25, 0.3) is 10.9 Å². The summed E-state index contributed by atoms with van der Waals surface area (Å²) in [5.41, 5.74) is 5.46. The second kappa shape index (κ2) is 10.0. The van der Waals surface area contributed by atoms with Crippen molar-refractivity contribution in [1.82, 2.24) is 4.68 Å². The summed E-state index contributed by atoms with van der Waals surface area (Å²) in [6.45, 7) is 3.83. The molecular formula is C25H19Br2FN4O3. The van der Waals surface area contributed by atoms with Crippen LogP contribution in [0.4, 0.5) is 15.8 Å². The lowest BCUT2D eigenvalue weighted by Crippen LogP contribution is -2.36. The Morgan fingerprint density at radius 2 is 1.49 bits per heavy atom. The second-order valence-corrected chi connectivity index (χ2v) is 9.69. The number of benzene rings is 3. The average molecular weight is 602 g/mol. The Labute approximate surface area is 216 Å². The highest BCUT2D eigenvalue weighted by Gasteiger charge is 2.22. The molecular weight excluding hydrogens is 583 g/mol. The molecule has 1 aromatic heterocycles. The summed E-state index contributed by atoms with van der Waals surface area (Å²) < 4.78 is 16.6. The van der Waals surface area contributed by atoms with Gasteiger partial charge in [0.2, 0.25) is 0 Å². The molecule has 3 amide bonds. The Balaban J connectivity index is 1.64. The third kappa shape index (κ3) is 5.44. The smallest absolute Gasteiger partial charge is 0.320 e. The first-order valence-corrected chi connectivity index (χ1v) is 12.0. The Hall–Kier alpha value is -3.50. The van der Waals surface area contributed by atoms with Crippen molar-refractivity contribution in [2.45, 2.75) is 13.8 Å². The minimum atomic E-state index is -1.09. The van der Waals surface area contributed by atoms with E-state index in [-0.39, 0.29) is 11.4 Å². The Morgan fingerprint density at radius 1 is 0.800 bits per heavy atom. The monoisotopic (exact) mass is 600 g/mol. The first-order chi connectivity index (χ1) is 16.6. The van der Waals surface area contributed by atoms with Crippen molar-refractivity contribution in [3.8, 4) is 0 Å². The maximum atomic E-state index is 14.1. The van der Waals surface area contributed by atoms with Crippen LogP contribution in [-0.2, 0) is 9.59 Å². The van der Waals surface area contributed by atoms with Gasteiger partial charge in [-0.2, -0.15) is 0 Å². The lowest BCUT2D eigenvalue weighted by Gasteiger charge is -2.14. The standard InChI is InChI=1S/C25H19Br2FN4O3/c1-13-3-6-19(14(2)9-13)29-23(33)22-11-15-10-16(26)5-8-21(15)32(22)31-25(35)24(34)30-20-7-4-17(27)12-18(20)28/h3-12H,1-2H3,(H,29,33)(H,30,34)(H,31,35). The molecule has 178 valence electrons. The zero-order chi connectivity index (χ0) is 25.3. The maximum Gasteiger partial charge on any atom is 0.328 e. The maximum absolute atomic E-state index is 14.1. The van der Waals surface area contributed by atoms with Gasteiger partial charge in [-0.25, -0.2) is 9.07 Å². The van der Waals surface area contributed by atoms with Gasteiger partial charge in [0.15, 0.2) is 0 Å². The number of halogens is 3. The SMILES string of the molecule is Cc1ccc(NC(=O)c2cc3cc(Br)ccc3n2NC(=O)C(=O)Nc2ccc(Br)cc2F)c(C)c1. The number of carbonyl (C=O) groups excluding carboxylic acids is 3. The number of amides is 3. The minimum absolute atomic E-state index is 0.106. The molecule has 4 rings (SSSR count). The Bertz CT molecular complexity index is 1500. The van der Waals surface area contributed by atoms with E-state index in [1.807, 2.05) is 26.0 Å². The Morgan fingerprint density at radius 3 is 2.20 bits per heavy atom. The van der Waals surface area contributed by atoms with Gasteiger partial charge in [0.05, 0.1) is 11.2 Å². The molecule has 0 saturated heterocycles. The van der Waals surface area contributed by atoms with E-state index in [0.29, 0.717) is 21.1 Å². The number of hydrogen-bond acceptors (Lipinski definition) is 3. The van der Waals surface area contributed by atoms with Gasteiger partial charge < -0.3 is 10.6 Å². The molecule has 0 aliphatic heterocycles. The van der Waals surface area contributed by atoms with Gasteiger partial charge >= 0.3 is 11.8 Å². The highest BCUT2D eigenvalue weighted by atomic mass is 79.9. The van der Waals surface area contributed by atoms with E-state index in [2.05, 4.69) is 47.9 Å². The van der Waals surface area contributed by atoms with Gasteiger partial charge in [-0.15, -0.1) is 0 Å². The van der Waals surface area contributed by atoms with Crippen LogP contribution in [0.5, 0.6) is 0 Å². The van der Waals surface area contributed by atoms with E-state index in [9.17, 15) is 18.8 Å². The molecule has 0 aliphatic rings. The van der Waals surface area contributed by atoms with Crippen molar-refractivity contribution in [1.29, 1.82) is 0 Å². The predicted octanol–water partition coefficient (Wildman–Crippen LogP) is 5.88. The highest BCUT2D eigenvalue weighted by molar-refractivity contribution is 9.10. The van der Waals surface area contributed by atoms with Crippen LogP contribution >= 0.6 is 31.9 Å². The molecule has 0 saturated carbocycles. The molecule has 0 aliphatic carbocycles. The van der Waals surface area contributed by atoms with Crippen molar-refractivity contribution in [3.63, 3.8) is 0 Å². The van der Waals surface area contributed by atoms with Crippen molar-refractivity contribution in [2.24, 2.45) is 0 Å². The number of rotatable bonds is 4. The number of aryl methyl sites for hydroxylation is 2. The molecule has 4 aromatic rings. The molecule has 10 heteroatoms. The summed E-state index contributed by atoms with van der Waals surface area (Å²) in [5, 5.41) is 5.74. The fraction of sp³-hybridized carbons (Fsp3) is 0.0800. The summed E-state index contributed by atoms with van der Waals surface area (Å²) in [7, 11) is 0. The molecule has 0 unspecified atom stereocenters. The molecule has 35 heavy (non-hydrogen) atoms.